The van der Waals surface area contributed by atoms with E-state index in [1.165, 1.54) is 0 Å². The van der Waals surface area contributed by atoms with Gasteiger partial charge in [-0.2, -0.15) is 0 Å². The predicted octanol–water partition coefficient (Wildman–Crippen LogP) is 1.89. The molecule has 0 aromatic heterocycles. The van der Waals surface area contributed by atoms with Gasteiger partial charge in [-0.05, 0) is 18.6 Å². The minimum atomic E-state index is 0.204. The number of halogens is 1. The zero-order valence-electron chi connectivity index (χ0n) is 14.2. The number of hydrogen-bond donors (Lipinski definition) is 2. The van der Waals surface area contributed by atoms with Crippen molar-refractivity contribution in [1.82, 2.24) is 15.5 Å². The van der Waals surface area contributed by atoms with E-state index in [0.29, 0.717) is 36.3 Å². The molecule has 1 unspecified atom stereocenters. The Morgan fingerprint density at radius 3 is 2.96 bits per heavy atom. The van der Waals surface area contributed by atoms with Crippen LogP contribution in [-0.2, 0) is 4.79 Å². The zero-order valence-corrected chi connectivity index (χ0v) is 15.0. The fourth-order valence-electron chi connectivity index (χ4n) is 2.61. The van der Waals surface area contributed by atoms with Crippen molar-refractivity contribution in [3.05, 3.63) is 29.3 Å². The average molecular weight is 353 g/mol. The lowest BCUT2D eigenvalue weighted by Gasteiger charge is -2.18. The first-order valence-corrected chi connectivity index (χ1v) is 8.64. The Balaban J connectivity index is 1.70. The van der Waals surface area contributed by atoms with Crippen molar-refractivity contribution in [3.8, 4) is 5.75 Å². The molecule has 24 heavy (non-hydrogen) atoms. The summed E-state index contributed by atoms with van der Waals surface area (Å²) in [6, 6.07) is 7.63. The van der Waals surface area contributed by atoms with Crippen LogP contribution in [0.3, 0.4) is 0 Å². The standard InChI is InChI=1S/C17H25ClN4O2/c1-3-16(23)22-10-8-13(12-22)21-17(19-2)20-9-11-24-15-7-5-4-6-14(15)18/h4-7,13H,3,8-12H2,1-2H3,(H2,19,20,21). The molecular formula is C17H25ClN4O2. The van der Waals surface area contributed by atoms with Gasteiger partial charge in [-0.1, -0.05) is 30.7 Å². The van der Waals surface area contributed by atoms with Crippen molar-refractivity contribution >= 4 is 23.5 Å². The molecule has 1 aliphatic heterocycles. The van der Waals surface area contributed by atoms with Gasteiger partial charge in [0.1, 0.15) is 12.4 Å². The van der Waals surface area contributed by atoms with Crippen LogP contribution in [0.4, 0.5) is 0 Å². The Morgan fingerprint density at radius 1 is 1.46 bits per heavy atom. The lowest BCUT2D eigenvalue weighted by atomic mass is 10.3. The molecule has 0 aliphatic carbocycles. The smallest absolute Gasteiger partial charge is 0.222 e. The third-order valence-corrected chi connectivity index (χ3v) is 4.21. The zero-order chi connectivity index (χ0) is 17.4. The van der Waals surface area contributed by atoms with Crippen LogP contribution in [0.1, 0.15) is 19.8 Å². The molecule has 1 aliphatic rings. The van der Waals surface area contributed by atoms with Crippen LogP contribution in [0.5, 0.6) is 5.75 Å². The normalized spacial score (nSPS) is 17.7. The topological polar surface area (TPSA) is 66.0 Å². The molecule has 2 N–H and O–H groups in total. The highest BCUT2D eigenvalue weighted by molar-refractivity contribution is 6.32. The third kappa shape index (κ3) is 5.30. The molecule has 0 spiro atoms. The van der Waals surface area contributed by atoms with Gasteiger partial charge in [-0.15, -0.1) is 0 Å². The fourth-order valence-corrected chi connectivity index (χ4v) is 2.80. The van der Waals surface area contributed by atoms with E-state index < -0.39 is 0 Å². The highest BCUT2D eigenvalue weighted by Gasteiger charge is 2.25. The van der Waals surface area contributed by atoms with Crippen LogP contribution in [0.25, 0.3) is 0 Å². The van der Waals surface area contributed by atoms with Crippen molar-refractivity contribution < 1.29 is 9.53 Å². The molecule has 1 amide bonds. The number of carbonyl (C=O) groups is 1. The maximum atomic E-state index is 11.7. The monoisotopic (exact) mass is 352 g/mol. The fraction of sp³-hybridized carbons (Fsp3) is 0.529. The van der Waals surface area contributed by atoms with Gasteiger partial charge in [0, 0.05) is 32.6 Å². The van der Waals surface area contributed by atoms with Crippen molar-refractivity contribution in [2.75, 3.05) is 33.3 Å². The van der Waals surface area contributed by atoms with Crippen molar-refractivity contribution in [3.63, 3.8) is 0 Å². The molecule has 7 heteroatoms. The summed E-state index contributed by atoms with van der Waals surface area (Å²) in [4.78, 5) is 17.8. The average Bonchev–Trinajstić information content (AvgIpc) is 3.06. The number of ether oxygens (including phenoxy) is 1. The maximum absolute atomic E-state index is 11.7. The number of rotatable bonds is 6. The van der Waals surface area contributed by atoms with E-state index in [2.05, 4.69) is 15.6 Å². The Labute approximate surface area is 148 Å². The molecule has 1 atom stereocenters. The van der Waals surface area contributed by atoms with Crippen LogP contribution in [0.2, 0.25) is 5.02 Å². The molecule has 2 rings (SSSR count). The molecule has 0 bridgehead atoms. The summed E-state index contributed by atoms with van der Waals surface area (Å²) in [6.07, 6.45) is 1.49. The molecule has 132 valence electrons. The summed E-state index contributed by atoms with van der Waals surface area (Å²) in [5.41, 5.74) is 0. The third-order valence-electron chi connectivity index (χ3n) is 3.90. The van der Waals surface area contributed by atoms with E-state index in [1.54, 1.807) is 13.1 Å². The second-order valence-electron chi connectivity index (χ2n) is 5.60. The Hall–Kier alpha value is -1.95. The number of para-hydroxylation sites is 1. The minimum Gasteiger partial charge on any atom is -0.490 e. The molecule has 6 nitrogen and oxygen atoms in total. The van der Waals surface area contributed by atoms with Crippen molar-refractivity contribution in [2.45, 2.75) is 25.8 Å². The molecule has 1 aromatic rings. The predicted molar refractivity (Wildman–Crippen MR) is 96.7 cm³/mol. The van der Waals surface area contributed by atoms with Gasteiger partial charge in [0.2, 0.25) is 5.91 Å². The molecular weight excluding hydrogens is 328 g/mol. The summed E-state index contributed by atoms with van der Waals surface area (Å²) >= 11 is 6.04. The number of nitrogens with one attached hydrogen (secondary N) is 2. The number of benzene rings is 1. The quantitative estimate of drug-likeness (QED) is 0.466. The SMILES string of the molecule is CCC(=O)N1CCC(NC(=NC)NCCOc2ccccc2Cl)C1. The number of carbonyl (C=O) groups excluding carboxylic acids is 1. The van der Waals surface area contributed by atoms with Crippen LogP contribution in [-0.4, -0.2) is 56.1 Å². The van der Waals surface area contributed by atoms with Gasteiger partial charge >= 0.3 is 0 Å². The van der Waals surface area contributed by atoms with E-state index in [0.717, 1.165) is 19.5 Å². The first-order chi connectivity index (χ1) is 11.6. The van der Waals surface area contributed by atoms with Crippen molar-refractivity contribution in [2.24, 2.45) is 4.99 Å². The minimum absolute atomic E-state index is 0.204. The molecule has 1 saturated heterocycles. The van der Waals surface area contributed by atoms with Crippen LogP contribution in [0.15, 0.2) is 29.3 Å². The van der Waals surface area contributed by atoms with E-state index in [1.807, 2.05) is 30.0 Å². The number of amides is 1. The van der Waals surface area contributed by atoms with Gasteiger partial charge in [0.05, 0.1) is 11.6 Å². The van der Waals surface area contributed by atoms with Gasteiger partial charge in [-0.3, -0.25) is 9.79 Å². The summed E-state index contributed by atoms with van der Waals surface area (Å²) in [7, 11) is 1.73. The molecule has 1 fully saturated rings. The first kappa shape index (κ1) is 18.4. The summed E-state index contributed by atoms with van der Waals surface area (Å²) < 4.78 is 5.63. The van der Waals surface area contributed by atoms with Gasteiger partial charge in [0.15, 0.2) is 5.96 Å². The van der Waals surface area contributed by atoms with Crippen LogP contribution in [0, 0.1) is 0 Å². The van der Waals surface area contributed by atoms with Gasteiger partial charge < -0.3 is 20.3 Å². The lowest BCUT2D eigenvalue weighted by molar-refractivity contribution is -0.129. The molecule has 0 saturated carbocycles. The molecule has 1 heterocycles. The van der Waals surface area contributed by atoms with Crippen LogP contribution >= 0.6 is 11.6 Å². The summed E-state index contributed by atoms with van der Waals surface area (Å²) in [5.74, 6) is 1.59. The second kappa shape index (κ2) is 9.37. The Kier molecular flexibility index (Phi) is 7.18. The highest BCUT2D eigenvalue weighted by atomic mass is 35.5. The number of guanidine groups is 1. The molecule has 1 aromatic carbocycles. The van der Waals surface area contributed by atoms with E-state index >= 15 is 0 Å². The first-order valence-electron chi connectivity index (χ1n) is 8.26. The Morgan fingerprint density at radius 2 is 2.25 bits per heavy atom. The van der Waals surface area contributed by atoms with Crippen molar-refractivity contribution in [1.29, 1.82) is 0 Å². The van der Waals surface area contributed by atoms with E-state index in [-0.39, 0.29) is 11.9 Å². The number of nitrogens with zero attached hydrogens (tertiary/aromatic N) is 2. The van der Waals surface area contributed by atoms with Crippen LogP contribution < -0.4 is 15.4 Å². The summed E-state index contributed by atoms with van der Waals surface area (Å²) in [5, 5.41) is 7.16. The lowest BCUT2D eigenvalue weighted by Crippen LogP contribution is -2.46. The maximum Gasteiger partial charge on any atom is 0.222 e. The number of aliphatic imine (C=N–C) groups is 1. The number of hydrogen-bond acceptors (Lipinski definition) is 3. The van der Waals surface area contributed by atoms with Gasteiger partial charge in [-0.25, -0.2) is 0 Å². The van der Waals surface area contributed by atoms with Gasteiger partial charge in [0.25, 0.3) is 0 Å². The largest absolute Gasteiger partial charge is 0.490 e. The number of likely N-dealkylation sites (tertiary alicyclic amines) is 1. The van der Waals surface area contributed by atoms with E-state index in [4.69, 9.17) is 16.3 Å². The highest BCUT2D eigenvalue weighted by Crippen LogP contribution is 2.22. The second-order valence-corrected chi connectivity index (χ2v) is 6.01. The van der Waals surface area contributed by atoms with E-state index in [9.17, 15) is 4.79 Å². The molecule has 0 radical (unpaired) electrons. The summed E-state index contributed by atoms with van der Waals surface area (Å²) in [6.45, 7) is 4.51. The Bertz CT molecular complexity index is 579.